The van der Waals surface area contributed by atoms with Crippen LogP contribution in [0.3, 0.4) is 0 Å². The molecule has 0 aliphatic heterocycles. The van der Waals surface area contributed by atoms with Crippen molar-refractivity contribution >= 4 is 28.2 Å². The smallest absolute Gasteiger partial charge is 0.341 e. The summed E-state index contributed by atoms with van der Waals surface area (Å²) in [7, 11) is 0. The molecule has 0 saturated heterocycles. The minimum atomic E-state index is -0.336. The van der Waals surface area contributed by atoms with Crippen molar-refractivity contribution in [1.82, 2.24) is 0 Å². The van der Waals surface area contributed by atoms with Crippen LogP contribution in [0.2, 0.25) is 0 Å². The number of anilines is 1. The van der Waals surface area contributed by atoms with Crippen LogP contribution >= 0.6 is 11.3 Å². The third-order valence-electron chi connectivity index (χ3n) is 5.13. The molecule has 3 rings (SSSR count). The molecule has 1 amide bonds. The first-order valence-electron chi connectivity index (χ1n) is 10.3. The van der Waals surface area contributed by atoms with Crippen LogP contribution in [0.4, 0.5) is 5.00 Å². The first-order chi connectivity index (χ1) is 14.0. The van der Waals surface area contributed by atoms with E-state index in [0.29, 0.717) is 42.5 Å². The summed E-state index contributed by atoms with van der Waals surface area (Å²) in [5.41, 5.74) is 2.81. The fourth-order valence-electron chi connectivity index (χ4n) is 3.65. The van der Waals surface area contributed by atoms with Crippen molar-refractivity contribution < 1.29 is 19.1 Å². The summed E-state index contributed by atoms with van der Waals surface area (Å²) in [6.07, 6.45) is 4.07. The third kappa shape index (κ3) is 5.38. The number of ether oxygens (including phenoxy) is 2. The lowest BCUT2D eigenvalue weighted by Gasteiger charge is -2.19. The van der Waals surface area contributed by atoms with Gasteiger partial charge in [-0.1, -0.05) is 24.6 Å². The number of carbonyl (C=O) groups excluding carboxylic acids is 2. The summed E-state index contributed by atoms with van der Waals surface area (Å²) in [6, 6.07) is 7.85. The van der Waals surface area contributed by atoms with E-state index in [9.17, 15) is 9.59 Å². The van der Waals surface area contributed by atoms with E-state index < -0.39 is 0 Å². The highest BCUT2D eigenvalue weighted by Gasteiger charge is 2.30. The molecule has 0 radical (unpaired) electrons. The molecule has 2 aromatic rings. The van der Waals surface area contributed by atoms with Crippen LogP contribution in [0, 0.1) is 6.92 Å². The molecule has 1 N–H and O–H groups in total. The number of esters is 1. The maximum atomic E-state index is 12.6. The van der Waals surface area contributed by atoms with Crippen LogP contribution in [-0.2, 0) is 16.0 Å². The summed E-state index contributed by atoms with van der Waals surface area (Å²) in [6.45, 7) is 6.76. The predicted molar refractivity (Wildman–Crippen MR) is 116 cm³/mol. The van der Waals surface area contributed by atoms with E-state index in [1.807, 2.05) is 31.2 Å². The van der Waals surface area contributed by atoms with Gasteiger partial charge < -0.3 is 14.8 Å². The van der Waals surface area contributed by atoms with Crippen molar-refractivity contribution in [1.29, 1.82) is 0 Å². The Labute approximate surface area is 176 Å². The molecule has 1 aliphatic rings. The fourth-order valence-corrected chi connectivity index (χ4v) is 5.02. The Morgan fingerprint density at radius 1 is 1.24 bits per heavy atom. The second-order valence-corrected chi connectivity index (χ2v) is 8.58. The van der Waals surface area contributed by atoms with Gasteiger partial charge in [0.1, 0.15) is 10.8 Å². The molecule has 0 fully saturated rings. The molecule has 6 heteroatoms. The lowest BCUT2D eigenvalue weighted by Crippen LogP contribution is -2.17. The first kappa shape index (κ1) is 21.4. The van der Waals surface area contributed by atoms with Crippen LogP contribution in [0.5, 0.6) is 5.75 Å². The molecule has 1 atom stereocenters. The maximum absolute atomic E-state index is 12.6. The number of fused-ring (bicyclic) bond motifs is 1. The molecule has 29 heavy (non-hydrogen) atoms. The Morgan fingerprint density at radius 3 is 2.72 bits per heavy atom. The van der Waals surface area contributed by atoms with Crippen LogP contribution in [0.15, 0.2) is 24.3 Å². The summed E-state index contributed by atoms with van der Waals surface area (Å²) in [5.74, 6) is 0.676. The average molecular weight is 416 g/mol. The van der Waals surface area contributed by atoms with Gasteiger partial charge in [-0.05, 0) is 63.1 Å². The average Bonchev–Trinajstić information content (AvgIpc) is 3.06. The molecular weight excluding hydrogens is 386 g/mol. The van der Waals surface area contributed by atoms with Crippen LogP contribution in [0.1, 0.15) is 71.8 Å². The van der Waals surface area contributed by atoms with Gasteiger partial charge in [0, 0.05) is 11.3 Å². The van der Waals surface area contributed by atoms with E-state index in [1.54, 1.807) is 6.92 Å². The van der Waals surface area contributed by atoms with E-state index in [1.165, 1.54) is 21.8 Å². The lowest BCUT2D eigenvalue weighted by atomic mass is 9.86. The van der Waals surface area contributed by atoms with Crippen molar-refractivity contribution in [3.8, 4) is 5.75 Å². The van der Waals surface area contributed by atoms with Crippen molar-refractivity contribution in [2.24, 2.45) is 0 Å². The second-order valence-electron chi connectivity index (χ2n) is 7.47. The number of carbonyl (C=O) groups is 2. The van der Waals surface area contributed by atoms with Gasteiger partial charge in [0.15, 0.2) is 0 Å². The topological polar surface area (TPSA) is 64.6 Å². The molecule has 1 unspecified atom stereocenters. The fraction of sp³-hybridized carbons (Fsp3) is 0.478. The van der Waals surface area contributed by atoms with E-state index in [0.717, 1.165) is 30.6 Å². The highest BCUT2D eigenvalue weighted by atomic mass is 32.1. The zero-order chi connectivity index (χ0) is 20.8. The molecule has 1 heterocycles. The number of aryl methyl sites for hydroxylation is 2. The molecule has 5 nitrogen and oxygen atoms in total. The second kappa shape index (κ2) is 9.92. The van der Waals surface area contributed by atoms with Gasteiger partial charge in [-0.3, -0.25) is 4.79 Å². The highest BCUT2D eigenvalue weighted by molar-refractivity contribution is 7.17. The zero-order valence-electron chi connectivity index (χ0n) is 17.4. The number of thiophene rings is 1. The normalized spacial score (nSPS) is 15.5. The van der Waals surface area contributed by atoms with Gasteiger partial charge in [0.05, 0.1) is 18.8 Å². The standard InChI is InChI=1S/C23H29NO4S/c1-4-27-23(26)21-20-16(3)7-5-8-18(20)29-22(21)24-19(25)9-6-14-28-17-12-10-15(2)11-13-17/h10-13,16H,4-9,14H2,1-3H3,(H,24,25). The van der Waals surface area contributed by atoms with Crippen LogP contribution in [-0.4, -0.2) is 25.1 Å². The number of benzene rings is 1. The largest absolute Gasteiger partial charge is 0.494 e. The number of rotatable bonds is 8. The summed E-state index contributed by atoms with van der Waals surface area (Å²) in [4.78, 5) is 26.3. The minimum absolute atomic E-state index is 0.102. The molecule has 1 aromatic heterocycles. The molecule has 156 valence electrons. The number of hydrogen-bond acceptors (Lipinski definition) is 5. The van der Waals surface area contributed by atoms with E-state index in [2.05, 4.69) is 12.2 Å². The van der Waals surface area contributed by atoms with Crippen molar-refractivity contribution in [2.75, 3.05) is 18.5 Å². The maximum Gasteiger partial charge on any atom is 0.341 e. The lowest BCUT2D eigenvalue weighted by molar-refractivity contribution is -0.116. The van der Waals surface area contributed by atoms with Gasteiger partial charge in [0.25, 0.3) is 0 Å². The zero-order valence-corrected chi connectivity index (χ0v) is 18.2. The SMILES string of the molecule is CCOC(=O)c1c(NC(=O)CCCOc2ccc(C)cc2)sc2c1C(C)CCC2. The minimum Gasteiger partial charge on any atom is -0.494 e. The number of amides is 1. The highest BCUT2D eigenvalue weighted by Crippen LogP contribution is 2.43. The Bertz CT molecular complexity index is 857. The molecule has 0 spiro atoms. The molecule has 1 aliphatic carbocycles. The number of hydrogen-bond donors (Lipinski definition) is 1. The van der Waals surface area contributed by atoms with Gasteiger partial charge in [-0.2, -0.15) is 0 Å². The van der Waals surface area contributed by atoms with Crippen molar-refractivity contribution in [3.63, 3.8) is 0 Å². The van der Waals surface area contributed by atoms with E-state index in [-0.39, 0.29) is 11.9 Å². The Balaban J connectivity index is 1.60. The summed E-state index contributed by atoms with van der Waals surface area (Å²) < 4.78 is 11.0. The monoisotopic (exact) mass is 415 g/mol. The Kier molecular flexibility index (Phi) is 7.31. The van der Waals surface area contributed by atoms with Crippen molar-refractivity contribution in [3.05, 3.63) is 45.8 Å². The van der Waals surface area contributed by atoms with Crippen molar-refractivity contribution in [2.45, 2.75) is 58.8 Å². The third-order valence-corrected chi connectivity index (χ3v) is 6.31. The van der Waals surface area contributed by atoms with Crippen LogP contribution in [0.25, 0.3) is 0 Å². The Hall–Kier alpha value is -2.34. The molecule has 1 aromatic carbocycles. The molecule has 0 bridgehead atoms. The van der Waals surface area contributed by atoms with Gasteiger partial charge in [-0.25, -0.2) is 4.79 Å². The van der Waals surface area contributed by atoms with Gasteiger partial charge >= 0.3 is 5.97 Å². The first-order valence-corrected chi connectivity index (χ1v) is 11.1. The van der Waals surface area contributed by atoms with Gasteiger partial charge in [0.2, 0.25) is 5.91 Å². The summed E-state index contributed by atoms with van der Waals surface area (Å²) in [5, 5.41) is 3.59. The van der Waals surface area contributed by atoms with E-state index >= 15 is 0 Å². The quantitative estimate of drug-likeness (QED) is 0.459. The summed E-state index contributed by atoms with van der Waals surface area (Å²) >= 11 is 1.52. The predicted octanol–water partition coefficient (Wildman–Crippen LogP) is 5.47. The van der Waals surface area contributed by atoms with E-state index in [4.69, 9.17) is 9.47 Å². The molecular formula is C23H29NO4S. The van der Waals surface area contributed by atoms with Gasteiger partial charge in [-0.15, -0.1) is 11.3 Å². The number of nitrogens with one attached hydrogen (secondary N) is 1. The van der Waals surface area contributed by atoms with Crippen LogP contribution < -0.4 is 10.1 Å². The molecule has 0 saturated carbocycles. The Morgan fingerprint density at radius 2 is 2.00 bits per heavy atom.